The minimum atomic E-state index is -0.561. The van der Waals surface area contributed by atoms with Crippen LogP contribution in [0.4, 0.5) is 10.1 Å². The summed E-state index contributed by atoms with van der Waals surface area (Å²) in [5.74, 6) is 0.410. The number of benzene rings is 2. The fourth-order valence-corrected chi connectivity index (χ4v) is 3.39. The molecule has 7 heteroatoms. The van der Waals surface area contributed by atoms with Gasteiger partial charge in [-0.2, -0.15) is 0 Å². The lowest BCUT2D eigenvalue weighted by Crippen LogP contribution is -2.19. The summed E-state index contributed by atoms with van der Waals surface area (Å²) in [4.78, 5) is 12.8. The van der Waals surface area contributed by atoms with Crippen molar-refractivity contribution in [2.75, 3.05) is 5.32 Å². The summed E-state index contributed by atoms with van der Waals surface area (Å²) < 4.78 is 18.8. The Labute approximate surface area is 154 Å². The summed E-state index contributed by atoms with van der Waals surface area (Å²) in [7, 11) is 0. The first-order valence-corrected chi connectivity index (χ1v) is 9.18. The van der Waals surface area contributed by atoms with Gasteiger partial charge in [-0.05, 0) is 54.4 Å². The molecule has 1 aliphatic carbocycles. The third kappa shape index (κ3) is 3.94. The van der Waals surface area contributed by atoms with Crippen LogP contribution in [0.15, 0.2) is 64.2 Å². The number of carbonyl (C=O) groups is 1. The van der Waals surface area contributed by atoms with Crippen molar-refractivity contribution in [2.45, 2.75) is 29.2 Å². The molecule has 0 spiro atoms. The predicted molar refractivity (Wildman–Crippen MR) is 96.3 cm³/mol. The van der Waals surface area contributed by atoms with Crippen molar-refractivity contribution < 1.29 is 13.6 Å². The van der Waals surface area contributed by atoms with Crippen LogP contribution in [0.25, 0.3) is 0 Å². The van der Waals surface area contributed by atoms with Crippen molar-refractivity contribution in [2.24, 2.45) is 0 Å². The van der Waals surface area contributed by atoms with E-state index < -0.39 is 5.25 Å². The van der Waals surface area contributed by atoms with E-state index in [1.165, 1.54) is 36.0 Å². The van der Waals surface area contributed by atoms with E-state index in [0.717, 1.165) is 18.4 Å². The minimum Gasteiger partial charge on any atom is -0.416 e. The molecule has 1 heterocycles. The molecule has 132 valence electrons. The summed E-state index contributed by atoms with van der Waals surface area (Å²) in [6.45, 7) is 0. The average molecular weight is 369 g/mol. The highest BCUT2D eigenvalue weighted by Crippen LogP contribution is 2.42. The van der Waals surface area contributed by atoms with Gasteiger partial charge in [-0.15, -0.1) is 10.2 Å². The van der Waals surface area contributed by atoms with Crippen LogP contribution in [0, 0.1) is 5.82 Å². The molecule has 1 N–H and O–H groups in total. The summed E-state index contributed by atoms with van der Waals surface area (Å²) in [6.07, 6.45) is 2.14. The second kappa shape index (κ2) is 7.29. The number of nitrogens with zero attached hydrogens (tertiary/aromatic N) is 2. The molecule has 0 unspecified atom stereocenters. The van der Waals surface area contributed by atoms with E-state index in [0.29, 0.717) is 22.7 Å². The molecular weight excluding hydrogens is 353 g/mol. The van der Waals surface area contributed by atoms with Crippen molar-refractivity contribution in [3.8, 4) is 0 Å². The molecule has 1 aromatic heterocycles. The molecule has 1 fully saturated rings. The maximum Gasteiger partial charge on any atom is 0.277 e. The first-order valence-electron chi connectivity index (χ1n) is 8.30. The zero-order valence-electron chi connectivity index (χ0n) is 13.8. The maximum atomic E-state index is 13.1. The van der Waals surface area contributed by atoms with Crippen LogP contribution in [0.3, 0.4) is 0 Å². The van der Waals surface area contributed by atoms with Gasteiger partial charge in [-0.25, -0.2) is 4.39 Å². The van der Waals surface area contributed by atoms with Gasteiger partial charge in [0.25, 0.3) is 5.22 Å². The minimum absolute atomic E-state index is 0.237. The number of aromatic nitrogens is 2. The van der Waals surface area contributed by atoms with Crippen molar-refractivity contribution in [1.82, 2.24) is 10.2 Å². The highest BCUT2D eigenvalue weighted by molar-refractivity contribution is 8.00. The first kappa shape index (κ1) is 16.8. The third-order valence-electron chi connectivity index (χ3n) is 4.02. The van der Waals surface area contributed by atoms with Gasteiger partial charge in [0, 0.05) is 11.6 Å². The molecule has 26 heavy (non-hydrogen) atoms. The van der Waals surface area contributed by atoms with Gasteiger partial charge in [0.2, 0.25) is 11.8 Å². The highest BCUT2D eigenvalue weighted by atomic mass is 32.2. The van der Waals surface area contributed by atoms with E-state index in [4.69, 9.17) is 4.42 Å². The Morgan fingerprint density at radius 2 is 1.85 bits per heavy atom. The summed E-state index contributed by atoms with van der Waals surface area (Å²) in [6, 6.07) is 15.0. The summed E-state index contributed by atoms with van der Waals surface area (Å²) >= 11 is 1.21. The van der Waals surface area contributed by atoms with Crippen LogP contribution in [0.1, 0.15) is 35.5 Å². The second-order valence-electron chi connectivity index (χ2n) is 6.09. The van der Waals surface area contributed by atoms with Crippen molar-refractivity contribution in [1.29, 1.82) is 0 Å². The van der Waals surface area contributed by atoms with Crippen LogP contribution in [-0.2, 0) is 4.79 Å². The average Bonchev–Trinajstić information content (AvgIpc) is 3.41. The number of amides is 1. The molecular formula is C19H16FN3O2S. The number of anilines is 1. The number of nitrogens with one attached hydrogen (secondary N) is 1. The second-order valence-corrected chi connectivity index (χ2v) is 7.14. The van der Waals surface area contributed by atoms with Gasteiger partial charge < -0.3 is 9.73 Å². The van der Waals surface area contributed by atoms with Crippen LogP contribution in [0.2, 0.25) is 0 Å². The van der Waals surface area contributed by atoms with Gasteiger partial charge in [0.1, 0.15) is 11.1 Å². The van der Waals surface area contributed by atoms with Gasteiger partial charge >= 0.3 is 0 Å². The molecule has 0 radical (unpaired) electrons. The van der Waals surface area contributed by atoms with Crippen LogP contribution in [0.5, 0.6) is 0 Å². The number of rotatable bonds is 6. The third-order valence-corrected chi connectivity index (χ3v) is 5.11. The zero-order valence-corrected chi connectivity index (χ0v) is 14.6. The highest BCUT2D eigenvalue weighted by Gasteiger charge is 2.31. The summed E-state index contributed by atoms with van der Waals surface area (Å²) in [5, 5.41) is 10.8. The van der Waals surface area contributed by atoms with Gasteiger partial charge in [0.05, 0.1) is 0 Å². The molecule has 1 saturated carbocycles. The Hall–Kier alpha value is -2.67. The number of hydrogen-bond acceptors (Lipinski definition) is 5. The van der Waals surface area contributed by atoms with Crippen molar-refractivity contribution in [3.63, 3.8) is 0 Å². The van der Waals surface area contributed by atoms with Crippen molar-refractivity contribution in [3.05, 3.63) is 71.9 Å². The molecule has 1 amide bonds. The van der Waals surface area contributed by atoms with Crippen molar-refractivity contribution >= 4 is 23.4 Å². The normalized spacial score (nSPS) is 14.8. The Kier molecular flexibility index (Phi) is 4.71. The monoisotopic (exact) mass is 369 g/mol. The molecule has 4 rings (SSSR count). The van der Waals surface area contributed by atoms with E-state index in [1.807, 2.05) is 30.3 Å². The van der Waals surface area contributed by atoms with E-state index >= 15 is 0 Å². The molecule has 0 saturated heterocycles. The Morgan fingerprint density at radius 1 is 1.12 bits per heavy atom. The molecule has 1 aliphatic rings. The largest absolute Gasteiger partial charge is 0.416 e. The Bertz CT molecular complexity index is 895. The smallest absolute Gasteiger partial charge is 0.277 e. The fraction of sp³-hybridized carbons (Fsp3) is 0.211. The van der Waals surface area contributed by atoms with E-state index in [-0.39, 0.29) is 11.7 Å². The van der Waals surface area contributed by atoms with Gasteiger partial charge in [0.15, 0.2) is 0 Å². The fourth-order valence-electron chi connectivity index (χ4n) is 2.51. The molecule has 3 aromatic rings. The molecule has 0 aliphatic heterocycles. The zero-order chi connectivity index (χ0) is 17.9. The Balaban J connectivity index is 1.55. The molecule has 0 bridgehead atoms. The van der Waals surface area contributed by atoms with E-state index in [9.17, 15) is 9.18 Å². The quantitative estimate of drug-likeness (QED) is 0.645. The number of hydrogen-bond donors (Lipinski definition) is 1. The van der Waals surface area contributed by atoms with Crippen LogP contribution in [-0.4, -0.2) is 16.1 Å². The number of carbonyl (C=O) groups excluding carboxylic acids is 1. The van der Waals surface area contributed by atoms with E-state index in [2.05, 4.69) is 15.5 Å². The van der Waals surface area contributed by atoms with Gasteiger partial charge in [-0.1, -0.05) is 30.3 Å². The Morgan fingerprint density at radius 3 is 2.54 bits per heavy atom. The number of thioether (sulfide) groups is 1. The maximum absolute atomic E-state index is 13.1. The lowest BCUT2D eigenvalue weighted by Gasteiger charge is -2.15. The van der Waals surface area contributed by atoms with Crippen LogP contribution >= 0.6 is 11.8 Å². The van der Waals surface area contributed by atoms with E-state index in [1.54, 1.807) is 0 Å². The SMILES string of the molecule is O=C(Nc1ccc(F)cc1)[C@@H](Sc1nnc(C2CC2)o1)c1ccccc1. The standard InChI is InChI=1S/C19H16FN3O2S/c20-14-8-10-15(11-9-14)21-17(24)16(12-4-2-1-3-5-12)26-19-23-22-18(25-19)13-6-7-13/h1-5,8-11,13,16H,6-7H2,(H,21,24)/t16-/m0/s1. The topological polar surface area (TPSA) is 68.0 Å². The van der Waals surface area contributed by atoms with Gasteiger partial charge in [-0.3, -0.25) is 4.79 Å². The molecule has 2 aromatic carbocycles. The van der Waals surface area contributed by atoms with Crippen LogP contribution < -0.4 is 5.32 Å². The lowest BCUT2D eigenvalue weighted by atomic mass is 10.1. The molecule has 1 atom stereocenters. The predicted octanol–water partition coefficient (Wildman–Crippen LogP) is 4.56. The number of halogens is 1. The summed E-state index contributed by atoms with van der Waals surface area (Å²) in [5.41, 5.74) is 1.35. The lowest BCUT2D eigenvalue weighted by molar-refractivity contribution is -0.115. The molecule has 5 nitrogen and oxygen atoms in total. The first-order chi connectivity index (χ1) is 12.7.